The number of rotatable bonds is 1. The summed E-state index contributed by atoms with van der Waals surface area (Å²) in [6, 6.07) is 18.6. The molecule has 2 aromatic carbocycles. The van der Waals surface area contributed by atoms with E-state index in [1.807, 2.05) is 30.5 Å². The van der Waals surface area contributed by atoms with Crippen LogP contribution in [-0.4, -0.2) is 4.98 Å². The molecule has 0 radical (unpaired) electrons. The molecule has 0 amide bonds. The van der Waals surface area contributed by atoms with Crippen LogP contribution in [0.2, 0.25) is 0 Å². The fourth-order valence-corrected chi connectivity index (χ4v) is 2.22. The molecule has 1 N–H and O–H groups in total. The van der Waals surface area contributed by atoms with Gasteiger partial charge in [0.05, 0.1) is 0 Å². The molecule has 0 aliphatic heterocycles. The van der Waals surface area contributed by atoms with Crippen LogP contribution >= 0.6 is 12.2 Å². The summed E-state index contributed by atoms with van der Waals surface area (Å²) < 4.78 is 0.886. The smallest absolute Gasteiger partial charge is 0.0485 e. The highest BCUT2D eigenvalue weighted by molar-refractivity contribution is 7.71. The summed E-state index contributed by atoms with van der Waals surface area (Å²) in [6.07, 6.45) is 1.88. The first kappa shape index (κ1) is 10.2. The molecule has 3 rings (SSSR count). The van der Waals surface area contributed by atoms with E-state index in [1.165, 1.54) is 11.1 Å². The number of hydrogen-bond donors (Lipinski definition) is 1. The second-order valence-corrected chi connectivity index (χ2v) is 4.41. The molecule has 82 valence electrons. The molecule has 0 unspecified atom stereocenters. The van der Waals surface area contributed by atoms with Crippen molar-refractivity contribution in [2.75, 3.05) is 0 Å². The van der Waals surface area contributed by atoms with Crippen LogP contribution in [0.15, 0.2) is 60.8 Å². The van der Waals surface area contributed by atoms with Gasteiger partial charge in [-0.15, -0.1) is 0 Å². The SMILES string of the molecule is S=c1cc[nH]c2ccc(-c3ccccc3)cc12. The number of H-pyrrole nitrogens is 1. The average Bonchev–Trinajstić information content (AvgIpc) is 2.40. The van der Waals surface area contributed by atoms with Crippen molar-refractivity contribution in [1.82, 2.24) is 4.98 Å². The van der Waals surface area contributed by atoms with Gasteiger partial charge in [0, 0.05) is 21.6 Å². The van der Waals surface area contributed by atoms with Gasteiger partial charge in [0.1, 0.15) is 0 Å². The van der Waals surface area contributed by atoms with Crippen molar-refractivity contribution in [3.8, 4) is 11.1 Å². The molecule has 2 heteroatoms. The van der Waals surface area contributed by atoms with Crippen LogP contribution in [0.25, 0.3) is 22.0 Å². The minimum Gasteiger partial charge on any atom is -0.361 e. The highest BCUT2D eigenvalue weighted by Crippen LogP contribution is 2.23. The van der Waals surface area contributed by atoms with E-state index in [2.05, 4.69) is 35.3 Å². The van der Waals surface area contributed by atoms with Gasteiger partial charge in [0.25, 0.3) is 0 Å². The number of aromatic amines is 1. The molecule has 1 aromatic heterocycles. The Balaban J connectivity index is 2.27. The molecule has 17 heavy (non-hydrogen) atoms. The summed E-state index contributed by atoms with van der Waals surface area (Å²) >= 11 is 5.34. The van der Waals surface area contributed by atoms with Crippen molar-refractivity contribution < 1.29 is 0 Å². The van der Waals surface area contributed by atoms with E-state index < -0.39 is 0 Å². The predicted molar refractivity (Wildman–Crippen MR) is 74.6 cm³/mol. The van der Waals surface area contributed by atoms with Gasteiger partial charge in [0.15, 0.2) is 0 Å². The van der Waals surface area contributed by atoms with Gasteiger partial charge in [-0.05, 0) is 29.3 Å². The Labute approximate surface area is 105 Å². The number of hydrogen-bond acceptors (Lipinski definition) is 1. The first-order chi connectivity index (χ1) is 8.34. The minimum absolute atomic E-state index is 0.886. The molecular weight excluding hydrogens is 226 g/mol. The molecule has 0 saturated carbocycles. The summed E-state index contributed by atoms with van der Waals surface area (Å²) in [5, 5.41) is 1.10. The Hall–Kier alpha value is -1.93. The maximum absolute atomic E-state index is 5.34. The second-order valence-electron chi connectivity index (χ2n) is 3.97. The molecule has 0 aliphatic carbocycles. The van der Waals surface area contributed by atoms with Crippen LogP contribution in [0, 0.1) is 4.51 Å². The summed E-state index contributed by atoms with van der Waals surface area (Å²) in [4.78, 5) is 3.20. The van der Waals surface area contributed by atoms with E-state index in [-0.39, 0.29) is 0 Å². The molecule has 0 atom stereocenters. The predicted octanol–water partition coefficient (Wildman–Crippen LogP) is 4.56. The monoisotopic (exact) mass is 237 g/mol. The Kier molecular flexibility index (Phi) is 2.50. The van der Waals surface area contributed by atoms with E-state index in [0.29, 0.717) is 0 Å². The van der Waals surface area contributed by atoms with Crippen molar-refractivity contribution in [1.29, 1.82) is 0 Å². The maximum Gasteiger partial charge on any atom is 0.0485 e. The summed E-state index contributed by atoms with van der Waals surface area (Å²) in [7, 11) is 0. The molecule has 1 nitrogen and oxygen atoms in total. The van der Waals surface area contributed by atoms with Gasteiger partial charge < -0.3 is 4.98 Å². The normalized spacial score (nSPS) is 10.6. The van der Waals surface area contributed by atoms with Gasteiger partial charge >= 0.3 is 0 Å². The van der Waals surface area contributed by atoms with Gasteiger partial charge in [-0.1, -0.05) is 48.6 Å². The fourth-order valence-electron chi connectivity index (χ4n) is 1.98. The molecule has 0 aliphatic rings. The minimum atomic E-state index is 0.886. The number of fused-ring (bicyclic) bond motifs is 1. The highest BCUT2D eigenvalue weighted by atomic mass is 32.1. The van der Waals surface area contributed by atoms with Crippen LogP contribution in [-0.2, 0) is 0 Å². The lowest BCUT2D eigenvalue weighted by atomic mass is 10.0. The van der Waals surface area contributed by atoms with Crippen LogP contribution in [0.3, 0.4) is 0 Å². The van der Waals surface area contributed by atoms with Crippen LogP contribution in [0.4, 0.5) is 0 Å². The van der Waals surface area contributed by atoms with Crippen molar-refractivity contribution in [2.24, 2.45) is 0 Å². The van der Waals surface area contributed by atoms with Crippen LogP contribution < -0.4 is 0 Å². The van der Waals surface area contributed by atoms with Crippen molar-refractivity contribution in [2.45, 2.75) is 0 Å². The average molecular weight is 237 g/mol. The summed E-state index contributed by atoms with van der Waals surface area (Å²) in [6.45, 7) is 0. The van der Waals surface area contributed by atoms with E-state index in [4.69, 9.17) is 12.2 Å². The van der Waals surface area contributed by atoms with E-state index in [0.717, 1.165) is 15.4 Å². The number of nitrogens with one attached hydrogen (secondary N) is 1. The molecule has 3 aromatic rings. The zero-order chi connectivity index (χ0) is 11.7. The zero-order valence-corrected chi connectivity index (χ0v) is 10.00. The summed E-state index contributed by atoms with van der Waals surface area (Å²) in [5.41, 5.74) is 3.49. The fraction of sp³-hybridized carbons (Fsp3) is 0. The third-order valence-corrected chi connectivity index (χ3v) is 3.22. The first-order valence-corrected chi connectivity index (χ1v) is 5.92. The zero-order valence-electron chi connectivity index (χ0n) is 9.18. The standard InChI is InChI=1S/C15H11NS/c17-15-8-9-16-14-7-6-12(10-13(14)15)11-4-2-1-3-5-11/h1-10H,(H,16,17). The molecule has 0 fully saturated rings. The van der Waals surface area contributed by atoms with Gasteiger partial charge in [-0.2, -0.15) is 0 Å². The first-order valence-electron chi connectivity index (χ1n) is 5.51. The number of pyridine rings is 1. The Morgan fingerprint density at radius 1 is 0.824 bits per heavy atom. The van der Waals surface area contributed by atoms with E-state index in [9.17, 15) is 0 Å². The Bertz CT molecular complexity index is 714. The van der Waals surface area contributed by atoms with Crippen molar-refractivity contribution in [3.63, 3.8) is 0 Å². The molecule has 0 bridgehead atoms. The lowest BCUT2D eigenvalue weighted by molar-refractivity contribution is 1.41. The van der Waals surface area contributed by atoms with Crippen molar-refractivity contribution >= 4 is 23.1 Å². The maximum atomic E-state index is 5.34. The quantitative estimate of drug-likeness (QED) is 0.613. The number of benzene rings is 2. The van der Waals surface area contributed by atoms with Crippen LogP contribution in [0.5, 0.6) is 0 Å². The largest absolute Gasteiger partial charge is 0.361 e. The van der Waals surface area contributed by atoms with Gasteiger partial charge in [-0.3, -0.25) is 0 Å². The third-order valence-electron chi connectivity index (χ3n) is 2.87. The lowest BCUT2D eigenvalue weighted by Crippen LogP contribution is -1.81. The molecule has 0 spiro atoms. The Morgan fingerprint density at radius 2 is 1.65 bits per heavy atom. The molecular formula is C15H11NS. The molecule has 1 heterocycles. The van der Waals surface area contributed by atoms with E-state index in [1.54, 1.807) is 0 Å². The van der Waals surface area contributed by atoms with Crippen molar-refractivity contribution in [3.05, 3.63) is 65.3 Å². The third kappa shape index (κ3) is 1.87. The number of aromatic nitrogens is 1. The topological polar surface area (TPSA) is 15.8 Å². The van der Waals surface area contributed by atoms with Gasteiger partial charge in [0.2, 0.25) is 0 Å². The van der Waals surface area contributed by atoms with Gasteiger partial charge in [-0.25, -0.2) is 0 Å². The van der Waals surface area contributed by atoms with E-state index >= 15 is 0 Å². The summed E-state index contributed by atoms with van der Waals surface area (Å²) in [5.74, 6) is 0. The second kappa shape index (κ2) is 4.15. The Morgan fingerprint density at radius 3 is 2.47 bits per heavy atom. The lowest BCUT2D eigenvalue weighted by Gasteiger charge is -2.04. The highest BCUT2D eigenvalue weighted by Gasteiger charge is 1.99. The molecule has 0 saturated heterocycles. The van der Waals surface area contributed by atoms with Crippen LogP contribution in [0.1, 0.15) is 0 Å².